The summed E-state index contributed by atoms with van der Waals surface area (Å²) in [7, 11) is -4.03. The largest absolute Gasteiger partial charge is 0.492 e. The van der Waals surface area contributed by atoms with Crippen molar-refractivity contribution >= 4 is 27.6 Å². The van der Waals surface area contributed by atoms with Crippen molar-refractivity contribution in [3.8, 4) is 5.75 Å². The Morgan fingerprint density at radius 3 is 2.58 bits per heavy atom. The summed E-state index contributed by atoms with van der Waals surface area (Å²) < 4.78 is 39.1. The van der Waals surface area contributed by atoms with Crippen molar-refractivity contribution in [2.75, 3.05) is 31.6 Å². The van der Waals surface area contributed by atoms with Gasteiger partial charge in [-0.2, -0.15) is 4.31 Å². The first-order valence-corrected chi connectivity index (χ1v) is 12.5. The first-order chi connectivity index (χ1) is 15.7. The Morgan fingerprint density at radius 2 is 1.88 bits per heavy atom. The molecule has 1 aromatic heterocycles. The van der Waals surface area contributed by atoms with Gasteiger partial charge in [0, 0.05) is 24.5 Å². The lowest BCUT2D eigenvalue weighted by Gasteiger charge is -2.31. The molecule has 1 aliphatic rings. The van der Waals surface area contributed by atoms with Crippen LogP contribution in [0.5, 0.6) is 5.75 Å². The minimum absolute atomic E-state index is 0.0200. The van der Waals surface area contributed by atoms with Gasteiger partial charge in [-0.05, 0) is 52.7 Å². The van der Waals surface area contributed by atoms with Crippen LogP contribution in [-0.2, 0) is 19.6 Å². The number of hydrogen-bond donors (Lipinski definition) is 2. The third-order valence-corrected chi connectivity index (χ3v) is 7.63. The number of carbonyl (C=O) groups is 2. The minimum atomic E-state index is -4.03. The van der Waals surface area contributed by atoms with Crippen LogP contribution >= 0.6 is 0 Å². The van der Waals surface area contributed by atoms with Gasteiger partial charge in [-0.1, -0.05) is 12.1 Å². The second kappa shape index (κ2) is 10.4. The highest BCUT2D eigenvalue weighted by atomic mass is 32.2. The van der Waals surface area contributed by atoms with Crippen LogP contribution < -0.4 is 10.1 Å². The number of nitrogens with zero attached hydrogens (tertiary/aromatic N) is 1. The number of amides is 1. The molecular weight excluding hydrogens is 446 g/mol. The monoisotopic (exact) mass is 477 g/mol. The third-order valence-electron chi connectivity index (χ3n) is 5.59. The zero-order valence-corrected chi connectivity index (χ0v) is 20.3. The van der Waals surface area contributed by atoms with E-state index in [1.54, 1.807) is 39.0 Å². The summed E-state index contributed by atoms with van der Waals surface area (Å²) >= 11 is 0. The molecule has 2 aromatic rings. The molecule has 180 valence electrons. The molecule has 1 atom stereocenters. The average molecular weight is 478 g/mol. The molecule has 2 heterocycles. The van der Waals surface area contributed by atoms with E-state index < -0.39 is 21.9 Å². The van der Waals surface area contributed by atoms with Gasteiger partial charge in [-0.3, -0.25) is 4.79 Å². The van der Waals surface area contributed by atoms with Crippen LogP contribution in [0.1, 0.15) is 48.4 Å². The summed E-state index contributed by atoms with van der Waals surface area (Å²) in [6.45, 7) is 7.67. The van der Waals surface area contributed by atoms with Gasteiger partial charge in [-0.25, -0.2) is 13.2 Å². The summed E-state index contributed by atoms with van der Waals surface area (Å²) in [5.74, 6) is -0.924. The van der Waals surface area contributed by atoms with Crippen LogP contribution in [-0.4, -0.2) is 55.9 Å². The van der Waals surface area contributed by atoms with Crippen molar-refractivity contribution in [3.63, 3.8) is 0 Å². The van der Waals surface area contributed by atoms with E-state index in [0.29, 0.717) is 42.3 Å². The molecule has 1 aliphatic heterocycles. The highest BCUT2D eigenvalue weighted by Crippen LogP contribution is 2.31. The maximum atomic E-state index is 13.6. The van der Waals surface area contributed by atoms with Crippen LogP contribution in [0.3, 0.4) is 0 Å². The zero-order valence-electron chi connectivity index (χ0n) is 19.4. The molecule has 0 saturated carbocycles. The summed E-state index contributed by atoms with van der Waals surface area (Å²) in [5, 5.41) is 2.87. The summed E-state index contributed by atoms with van der Waals surface area (Å²) in [6, 6.07) is 7.13. The summed E-state index contributed by atoms with van der Waals surface area (Å²) in [5.41, 5.74) is 1.37. The quantitative estimate of drug-likeness (QED) is 0.564. The number of carbonyl (C=O) groups excluding carboxylic acids is 2. The summed E-state index contributed by atoms with van der Waals surface area (Å²) in [6.07, 6.45) is 1.09. The van der Waals surface area contributed by atoms with Crippen molar-refractivity contribution < 1.29 is 27.5 Å². The maximum absolute atomic E-state index is 13.6. The van der Waals surface area contributed by atoms with Crippen molar-refractivity contribution in [2.24, 2.45) is 5.92 Å². The Kier molecular flexibility index (Phi) is 7.80. The topological polar surface area (TPSA) is 118 Å². The lowest BCUT2D eigenvalue weighted by molar-refractivity contribution is -0.120. The van der Waals surface area contributed by atoms with Gasteiger partial charge in [0.2, 0.25) is 15.9 Å². The van der Waals surface area contributed by atoms with E-state index in [4.69, 9.17) is 9.47 Å². The van der Waals surface area contributed by atoms with Crippen LogP contribution in [0, 0.1) is 19.8 Å². The molecule has 0 aliphatic carbocycles. The molecule has 0 radical (unpaired) electrons. The Balaban J connectivity index is 1.83. The predicted octanol–water partition coefficient (Wildman–Crippen LogP) is 3.25. The van der Waals surface area contributed by atoms with E-state index in [1.807, 2.05) is 13.0 Å². The minimum Gasteiger partial charge on any atom is -0.492 e. The Labute approximate surface area is 194 Å². The number of rotatable bonds is 8. The number of H-pyrrole nitrogens is 1. The van der Waals surface area contributed by atoms with E-state index in [9.17, 15) is 18.0 Å². The number of sulfonamides is 1. The van der Waals surface area contributed by atoms with E-state index in [0.717, 1.165) is 0 Å². The zero-order chi connectivity index (χ0) is 24.2. The molecule has 2 N–H and O–H groups in total. The smallest absolute Gasteiger partial charge is 0.341 e. The normalized spacial score (nSPS) is 16.9. The molecule has 0 unspecified atom stereocenters. The van der Waals surface area contributed by atoms with Crippen LogP contribution in [0.25, 0.3) is 0 Å². The maximum Gasteiger partial charge on any atom is 0.341 e. The number of nitrogens with one attached hydrogen (secondary N) is 2. The molecule has 10 heteroatoms. The molecule has 0 spiro atoms. The number of esters is 1. The van der Waals surface area contributed by atoms with Gasteiger partial charge in [0.25, 0.3) is 0 Å². The number of benzene rings is 1. The van der Waals surface area contributed by atoms with Crippen LogP contribution in [0.2, 0.25) is 0 Å². The molecule has 3 rings (SSSR count). The van der Waals surface area contributed by atoms with E-state index in [1.165, 1.54) is 4.31 Å². The second-order valence-electron chi connectivity index (χ2n) is 7.92. The second-order valence-corrected chi connectivity index (χ2v) is 9.80. The number of para-hydroxylation sites is 2. The number of aromatic nitrogens is 1. The Morgan fingerprint density at radius 1 is 1.15 bits per heavy atom. The lowest BCUT2D eigenvalue weighted by Crippen LogP contribution is -2.44. The van der Waals surface area contributed by atoms with Crippen LogP contribution in [0.4, 0.5) is 5.69 Å². The van der Waals surface area contributed by atoms with Gasteiger partial charge in [0.15, 0.2) is 0 Å². The highest BCUT2D eigenvalue weighted by Gasteiger charge is 2.38. The molecule has 1 aromatic carbocycles. The number of ether oxygens (including phenoxy) is 2. The van der Waals surface area contributed by atoms with Gasteiger partial charge in [0.05, 0.1) is 24.8 Å². The first kappa shape index (κ1) is 24.8. The van der Waals surface area contributed by atoms with Gasteiger partial charge in [0.1, 0.15) is 16.2 Å². The fourth-order valence-corrected chi connectivity index (χ4v) is 6.06. The fourth-order valence-electron chi connectivity index (χ4n) is 4.12. The molecule has 1 saturated heterocycles. The number of anilines is 1. The Bertz CT molecular complexity index is 1130. The Hall–Kier alpha value is -2.85. The van der Waals surface area contributed by atoms with Crippen molar-refractivity contribution in [2.45, 2.75) is 45.4 Å². The van der Waals surface area contributed by atoms with Gasteiger partial charge < -0.3 is 19.8 Å². The molecule has 9 nitrogen and oxygen atoms in total. The number of aromatic amines is 1. The fraction of sp³-hybridized carbons (Fsp3) is 0.478. The van der Waals surface area contributed by atoms with Crippen molar-refractivity contribution in [3.05, 3.63) is 41.2 Å². The van der Waals surface area contributed by atoms with Crippen molar-refractivity contribution in [1.82, 2.24) is 9.29 Å². The predicted molar refractivity (Wildman–Crippen MR) is 124 cm³/mol. The molecule has 33 heavy (non-hydrogen) atoms. The average Bonchev–Trinajstić information content (AvgIpc) is 3.10. The standard InChI is InChI=1S/C23H31N3O6S/c1-5-31-19-12-8-7-11-18(19)25-22(27)17-10-9-13-26(14-17)33(29,30)21-16(4)24-15(3)20(21)23(28)32-6-2/h7-8,11-12,17,24H,5-6,9-10,13-14H2,1-4H3,(H,25,27)/t17-/m0/s1. The third kappa shape index (κ3) is 5.22. The number of piperidine rings is 1. The SMILES string of the molecule is CCOC(=O)c1c(C)[nH]c(C)c1S(=O)(=O)N1CCC[C@H](C(=O)Nc2ccccc2OCC)C1. The lowest BCUT2D eigenvalue weighted by atomic mass is 9.98. The number of aryl methyl sites for hydroxylation is 2. The molecule has 1 amide bonds. The van der Waals surface area contributed by atoms with E-state index >= 15 is 0 Å². The highest BCUT2D eigenvalue weighted by molar-refractivity contribution is 7.89. The van der Waals surface area contributed by atoms with Crippen molar-refractivity contribution in [1.29, 1.82) is 0 Å². The van der Waals surface area contributed by atoms with Crippen LogP contribution in [0.15, 0.2) is 29.2 Å². The van der Waals surface area contributed by atoms with E-state index in [2.05, 4.69) is 10.3 Å². The summed E-state index contributed by atoms with van der Waals surface area (Å²) in [4.78, 5) is 28.3. The van der Waals surface area contributed by atoms with Gasteiger partial charge >= 0.3 is 5.97 Å². The van der Waals surface area contributed by atoms with E-state index in [-0.39, 0.29) is 36.1 Å². The molecular formula is C23H31N3O6S. The number of hydrogen-bond acceptors (Lipinski definition) is 6. The molecule has 0 bridgehead atoms. The van der Waals surface area contributed by atoms with Gasteiger partial charge in [-0.15, -0.1) is 0 Å². The molecule has 1 fully saturated rings. The first-order valence-electron chi connectivity index (χ1n) is 11.1.